The first-order valence-corrected chi connectivity index (χ1v) is 5.49. The van der Waals surface area contributed by atoms with Gasteiger partial charge in [0, 0.05) is 18.4 Å². The Balaban J connectivity index is 2.45. The minimum Gasteiger partial charge on any atom is -0.467 e. The van der Waals surface area contributed by atoms with Gasteiger partial charge in [-0.2, -0.15) is 5.26 Å². The maximum absolute atomic E-state index is 9.00. The first kappa shape index (κ1) is 11.4. The van der Waals surface area contributed by atoms with Crippen molar-refractivity contribution in [2.24, 2.45) is 5.73 Å². The topological polar surface area (TPSA) is 80.8 Å². The number of furan rings is 1. The number of nitriles is 1. The van der Waals surface area contributed by atoms with E-state index in [1.54, 1.807) is 23.2 Å². The van der Waals surface area contributed by atoms with Crippen LogP contribution in [0, 0.1) is 11.3 Å². The van der Waals surface area contributed by atoms with Crippen molar-refractivity contribution in [3.8, 4) is 6.07 Å². The Hall–Kier alpha value is -2.06. The highest BCUT2D eigenvalue weighted by atomic mass is 16.3. The van der Waals surface area contributed by atoms with Gasteiger partial charge < -0.3 is 14.7 Å². The van der Waals surface area contributed by atoms with Crippen LogP contribution in [-0.2, 0) is 0 Å². The Kier molecular flexibility index (Phi) is 3.26. The molecular weight excluding hydrogens is 216 g/mol. The van der Waals surface area contributed by atoms with Crippen molar-refractivity contribution >= 4 is 0 Å². The van der Waals surface area contributed by atoms with Gasteiger partial charge in [-0.15, -0.1) is 0 Å². The van der Waals surface area contributed by atoms with Gasteiger partial charge in [0.15, 0.2) is 0 Å². The van der Waals surface area contributed by atoms with Crippen molar-refractivity contribution in [2.75, 3.05) is 0 Å². The largest absolute Gasteiger partial charge is 0.467 e. The van der Waals surface area contributed by atoms with Gasteiger partial charge in [0.1, 0.15) is 17.9 Å². The van der Waals surface area contributed by atoms with E-state index in [0.717, 1.165) is 12.2 Å². The molecule has 2 N–H and O–H groups in total. The van der Waals surface area contributed by atoms with Crippen molar-refractivity contribution in [3.05, 3.63) is 42.4 Å². The molecule has 17 heavy (non-hydrogen) atoms. The standard InChI is InChI=1S/C12H14N4O/c1-2-9(14)12(10-4-3-7-17-10)16-6-5-15-11(16)8-13/h3-7,9,12H,2,14H2,1H3. The third-order valence-electron chi connectivity index (χ3n) is 2.78. The zero-order valence-corrected chi connectivity index (χ0v) is 9.58. The summed E-state index contributed by atoms with van der Waals surface area (Å²) in [5.74, 6) is 1.09. The number of aromatic nitrogens is 2. The van der Waals surface area contributed by atoms with E-state index in [4.69, 9.17) is 15.4 Å². The van der Waals surface area contributed by atoms with Crippen molar-refractivity contribution in [3.63, 3.8) is 0 Å². The fourth-order valence-electron chi connectivity index (χ4n) is 1.86. The molecule has 2 unspecified atom stereocenters. The molecule has 2 aromatic rings. The molecule has 88 valence electrons. The quantitative estimate of drug-likeness (QED) is 0.866. The Labute approximate surface area is 99.5 Å². The fourth-order valence-corrected chi connectivity index (χ4v) is 1.86. The third-order valence-corrected chi connectivity index (χ3v) is 2.78. The summed E-state index contributed by atoms with van der Waals surface area (Å²) in [6.45, 7) is 2.00. The molecule has 2 aromatic heterocycles. The molecule has 2 atom stereocenters. The zero-order valence-electron chi connectivity index (χ0n) is 9.58. The van der Waals surface area contributed by atoms with Gasteiger partial charge >= 0.3 is 0 Å². The van der Waals surface area contributed by atoms with Gasteiger partial charge in [-0.1, -0.05) is 6.92 Å². The highest BCUT2D eigenvalue weighted by Crippen LogP contribution is 2.24. The smallest absolute Gasteiger partial charge is 0.213 e. The van der Waals surface area contributed by atoms with Crippen LogP contribution in [-0.4, -0.2) is 15.6 Å². The summed E-state index contributed by atoms with van der Waals surface area (Å²) >= 11 is 0. The predicted molar refractivity (Wildman–Crippen MR) is 62.1 cm³/mol. The molecule has 0 saturated carbocycles. The SMILES string of the molecule is CCC(N)C(c1ccco1)n1ccnc1C#N. The number of nitrogens with two attached hydrogens (primary N) is 1. The van der Waals surface area contributed by atoms with Crippen LogP contribution in [0.2, 0.25) is 0 Å². The van der Waals surface area contributed by atoms with Gasteiger partial charge in [-0.3, -0.25) is 0 Å². The summed E-state index contributed by atoms with van der Waals surface area (Å²) in [7, 11) is 0. The van der Waals surface area contributed by atoms with E-state index in [9.17, 15) is 0 Å². The number of hydrogen-bond acceptors (Lipinski definition) is 4. The maximum atomic E-state index is 9.00. The molecule has 0 aliphatic carbocycles. The van der Waals surface area contributed by atoms with Crippen molar-refractivity contribution in [1.82, 2.24) is 9.55 Å². The fraction of sp³-hybridized carbons (Fsp3) is 0.333. The Morgan fingerprint density at radius 2 is 2.47 bits per heavy atom. The summed E-state index contributed by atoms with van der Waals surface area (Å²) in [5, 5.41) is 9.00. The monoisotopic (exact) mass is 230 g/mol. The van der Waals surface area contributed by atoms with E-state index < -0.39 is 0 Å². The van der Waals surface area contributed by atoms with Crippen molar-refractivity contribution in [1.29, 1.82) is 5.26 Å². The first-order valence-electron chi connectivity index (χ1n) is 5.49. The normalized spacial score (nSPS) is 14.2. The van der Waals surface area contributed by atoms with Gasteiger partial charge in [-0.05, 0) is 18.6 Å². The maximum Gasteiger partial charge on any atom is 0.213 e. The molecule has 0 aromatic carbocycles. The highest BCUT2D eigenvalue weighted by Gasteiger charge is 2.24. The molecule has 5 heteroatoms. The second-order valence-electron chi connectivity index (χ2n) is 3.80. The van der Waals surface area contributed by atoms with E-state index in [1.165, 1.54) is 0 Å². The second kappa shape index (κ2) is 4.85. The Morgan fingerprint density at radius 3 is 3.06 bits per heavy atom. The van der Waals surface area contributed by atoms with Crippen LogP contribution in [0.5, 0.6) is 0 Å². The molecule has 2 rings (SSSR count). The van der Waals surface area contributed by atoms with E-state index >= 15 is 0 Å². The lowest BCUT2D eigenvalue weighted by molar-refractivity contribution is 0.371. The lowest BCUT2D eigenvalue weighted by Gasteiger charge is -2.22. The molecule has 0 fully saturated rings. The average molecular weight is 230 g/mol. The van der Waals surface area contributed by atoms with Crippen LogP contribution in [0.1, 0.15) is 31.0 Å². The molecule has 0 aliphatic rings. The number of nitrogens with zero attached hydrogens (tertiary/aromatic N) is 3. The van der Waals surface area contributed by atoms with Crippen LogP contribution < -0.4 is 5.73 Å². The summed E-state index contributed by atoms with van der Waals surface area (Å²) in [6.07, 6.45) is 5.74. The third kappa shape index (κ3) is 2.08. The van der Waals surface area contributed by atoms with E-state index in [2.05, 4.69) is 11.1 Å². The lowest BCUT2D eigenvalue weighted by Crippen LogP contribution is -2.32. The van der Waals surface area contributed by atoms with Crippen LogP contribution >= 0.6 is 0 Å². The predicted octanol–water partition coefficient (Wildman–Crippen LogP) is 1.67. The van der Waals surface area contributed by atoms with E-state index in [-0.39, 0.29) is 12.1 Å². The molecule has 0 spiro atoms. The molecule has 0 bridgehead atoms. The van der Waals surface area contributed by atoms with Crippen LogP contribution in [0.25, 0.3) is 0 Å². The van der Waals surface area contributed by atoms with Gasteiger partial charge in [0.2, 0.25) is 5.82 Å². The minimum atomic E-state index is -0.188. The molecule has 0 aliphatic heterocycles. The number of rotatable bonds is 4. The first-order chi connectivity index (χ1) is 8.27. The van der Waals surface area contributed by atoms with Crippen LogP contribution in [0.3, 0.4) is 0 Å². The molecule has 0 radical (unpaired) electrons. The second-order valence-corrected chi connectivity index (χ2v) is 3.80. The lowest BCUT2D eigenvalue weighted by atomic mass is 10.0. The molecule has 0 saturated heterocycles. The highest BCUT2D eigenvalue weighted by molar-refractivity contribution is 5.18. The molecule has 2 heterocycles. The van der Waals surface area contributed by atoms with Gasteiger partial charge in [0.05, 0.1) is 6.26 Å². The molecule has 5 nitrogen and oxygen atoms in total. The summed E-state index contributed by atoms with van der Waals surface area (Å²) in [5.41, 5.74) is 6.11. The number of hydrogen-bond donors (Lipinski definition) is 1. The van der Waals surface area contributed by atoms with Crippen LogP contribution in [0.15, 0.2) is 35.2 Å². The summed E-state index contributed by atoms with van der Waals surface area (Å²) < 4.78 is 7.16. The van der Waals surface area contributed by atoms with Gasteiger partial charge in [0.25, 0.3) is 0 Å². The summed E-state index contributed by atoms with van der Waals surface area (Å²) in [4.78, 5) is 3.99. The minimum absolute atomic E-state index is 0.123. The zero-order chi connectivity index (χ0) is 12.3. The number of imidazole rings is 1. The van der Waals surface area contributed by atoms with Crippen molar-refractivity contribution < 1.29 is 4.42 Å². The van der Waals surface area contributed by atoms with E-state index in [0.29, 0.717) is 5.82 Å². The van der Waals surface area contributed by atoms with E-state index in [1.807, 2.05) is 19.1 Å². The average Bonchev–Trinajstić information content (AvgIpc) is 3.00. The molecule has 0 amide bonds. The Morgan fingerprint density at radius 1 is 1.65 bits per heavy atom. The summed E-state index contributed by atoms with van der Waals surface area (Å²) in [6, 6.07) is 5.42. The Bertz CT molecular complexity index is 509. The molecular formula is C12H14N4O. The van der Waals surface area contributed by atoms with Crippen molar-refractivity contribution in [2.45, 2.75) is 25.4 Å². The van der Waals surface area contributed by atoms with Gasteiger partial charge in [-0.25, -0.2) is 4.98 Å². The van der Waals surface area contributed by atoms with Crippen LogP contribution in [0.4, 0.5) is 0 Å².